The predicted octanol–water partition coefficient (Wildman–Crippen LogP) is 4.14. The minimum atomic E-state index is -0.260. The van der Waals surface area contributed by atoms with Crippen molar-refractivity contribution in [2.45, 2.75) is 19.5 Å². The van der Waals surface area contributed by atoms with E-state index in [4.69, 9.17) is 17.3 Å². The Bertz CT molecular complexity index is 601. The van der Waals surface area contributed by atoms with Crippen LogP contribution in [0.2, 0.25) is 5.02 Å². The maximum absolute atomic E-state index is 14.1. The lowest BCUT2D eigenvalue weighted by Crippen LogP contribution is -2.22. The summed E-state index contributed by atoms with van der Waals surface area (Å²) < 4.78 is 14.1. The molecule has 2 aromatic carbocycles. The normalized spacial score (nSPS) is 12.2. The number of halogens is 2. The van der Waals surface area contributed by atoms with Crippen LogP contribution in [0.4, 0.5) is 10.1 Å². The molecule has 20 heavy (non-hydrogen) atoms. The number of nitrogens with zero attached hydrogens (tertiary/aromatic N) is 1. The van der Waals surface area contributed by atoms with Crippen LogP contribution in [-0.4, -0.2) is 7.05 Å². The van der Waals surface area contributed by atoms with Gasteiger partial charge in [-0.15, -0.1) is 0 Å². The third kappa shape index (κ3) is 3.11. The molecule has 1 atom stereocenters. The number of anilines is 1. The number of hydrogen-bond acceptors (Lipinski definition) is 2. The van der Waals surface area contributed by atoms with Gasteiger partial charge in [0.25, 0.3) is 0 Å². The van der Waals surface area contributed by atoms with Crippen LogP contribution in [-0.2, 0) is 6.54 Å². The monoisotopic (exact) mass is 292 g/mol. The standard InChI is InChI=1S/C16H18ClFN2/c1-11(13-4-3-5-14(17)9-13)20(2)16-7-6-12(10-19)8-15(16)18/h3-9,11H,10,19H2,1-2H3. The average molecular weight is 293 g/mol. The molecule has 0 aliphatic carbocycles. The quantitative estimate of drug-likeness (QED) is 0.918. The van der Waals surface area contributed by atoms with Crippen LogP contribution >= 0.6 is 11.6 Å². The average Bonchev–Trinajstić information content (AvgIpc) is 2.45. The van der Waals surface area contributed by atoms with E-state index in [1.807, 2.05) is 49.2 Å². The Kier molecular flexibility index (Phi) is 4.63. The second-order valence-electron chi connectivity index (χ2n) is 4.83. The Hall–Kier alpha value is -1.58. The molecule has 2 N–H and O–H groups in total. The number of nitrogens with two attached hydrogens (primary N) is 1. The molecule has 0 aliphatic heterocycles. The Morgan fingerprint density at radius 1 is 1.25 bits per heavy atom. The van der Waals surface area contributed by atoms with Crippen molar-refractivity contribution in [3.05, 3.63) is 64.4 Å². The van der Waals surface area contributed by atoms with E-state index in [1.165, 1.54) is 6.07 Å². The molecule has 0 aromatic heterocycles. The highest BCUT2D eigenvalue weighted by atomic mass is 35.5. The highest BCUT2D eigenvalue weighted by Gasteiger charge is 2.16. The highest BCUT2D eigenvalue weighted by molar-refractivity contribution is 6.30. The summed E-state index contributed by atoms with van der Waals surface area (Å²) in [5, 5.41) is 0.682. The van der Waals surface area contributed by atoms with Crippen molar-refractivity contribution in [2.24, 2.45) is 5.73 Å². The molecule has 0 heterocycles. The largest absolute Gasteiger partial charge is 0.365 e. The maximum Gasteiger partial charge on any atom is 0.146 e. The highest BCUT2D eigenvalue weighted by Crippen LogP contribution is 2.29. The number of benzene rings is 2. The van der Waals surface area contributed by atoms with Crippen molar-refractivity contribution in [3.8, 4) is 0 Å². The molecule has 106 valence electrons. The zero-order chi connectivity index (χ0) is 14.7. The van der Waals surface area contributed by atoms with E-state index in [0.29, 0.717) is 17.3 Å². The molecule has 2 aromatic rings. The lowest BCUT2D eigenvalue weighted by molar-refractivity contribution is 0.609. The maximum atomic E-state index is 14.1. The number of hydrogen-bond donors (Lipinski definition) is 1. The summed E-state index contributed by atoms with van der Waals surface area (Å²) in [7, 11) is 1.87. The molecule has 0 fully saturated rings. The summed E-state index contributed by atoms with van der Waals surface area (Å²) >= 11 is 6.00. The first kappa shape index (κ1) is 14.8. The molecule has 4 heteroatoms. The van der Waals surface area contributed by atoms with Gasteiger partial charge < -0.3 is 10.6 Å². The summed E-state index contributed by atoms with van der Waals surface area (Å²) in [5.74, 6) is -0.260. The SMILES string of the molecule is CC(c1cccc(Cl)c1)N(C)c1ccc(CN)cc1F. The third-order valence-corrected chi connectivity index (χ3v) is 3.77. The Balaban J connectivity index is 2.28. The van der Waals surface area contributed by atoms with Gasteiger partial charge in [-0.05, 0) is 42.3 Å². The van der Waals surface area contributed by atoms with E-state index < -0.39 is 0 Å². The smallest absolute Gasteiger partial charge is 0.146 e. The molecule has 0 amide bonds. The fourth-order valence-electron chi connectivity index (χ4n) is 2.16. The van der Waals surface area contributed by atoms with E-state index in [2.05, 4.69) is 0 Å². The Morgan fingerprint density at radius 3 is 2.60 bits per heavy atom. The fourth-order valence-corrected chi connectivity index (χ4v) is 2.36. The molecule has 1 unspecified atom stereocenters. The van der Waals surface area contributed by atoms with Crippen molar-refractivity contribution in [1.82, 2.24) is 0 Å². The first-order chi connectivity index (χ1) is 9.52. The third-order valence-electron chi connectivity index (χ3n) is 3.54. The lowest BCUT2D eigenvalue weighted by Gasteiger charge is -2.28. The van der Waals surface area contributed by atoms with E-state index in [9.17, 15) is 4.39 Å². The molecule has 2 rings (SSSR count). The molecule has 0 bridgehead atoms. The van der Waals surface area contributed by atoms with E-state index >= 15 is 0 Å². The van der Waals surface area contributed by atoms with Gasteiger partial charge in [0.15, 0.2) is 0 Å². The van der Waals surface area contributed by atoms with Gasteiger partial charge in [0.05, 0.1) is 11.7 Å². The first-order valence-corrected chi connectivity index (χ1v) is 6.87. The minimum absolute atomic E-state index is 0.0203. The van der Waals surface area contributed by atoms with Gasteiger partial charge in [-0.1, -0.05) is 29.8 Å². The minimum Gasteiger partial charge on any atom is -0.365 e. The summed E-state index contributed by atoms with van der Waals surface area (Å²) in [5.41, 5.74) is 7.90. The second-order valence-corrected chi connectivity index (χ2v) is 5.27. The second kappa shape index (κ2) is 6.25. The van der Waals surface area contributed by atoms with Crippen LogP contribution < -0.4 is 10.6 Å². The van der Waals surface area contributed by atoms with Gasteiger partial charge in [-0.25, -0.2) is 4.39 Å². The van der Waals surface area contributed by atoms with Gasteiger partial charge in [-0.2, -0.15) is 0 Å². The lowest BCUT2D eigenvalue weighted by atomic mass is 10.1. The summed E-state index contributed by atoms with van der Waals surface area (Å²) in [4.78, 5) is 1.89. The summed E-state index contributed by atoms with van der Waals surface area (Å²) in [6, 6.07) is 12.7. The molecule has 0 saturated carbocycles. The molecule has 0 radical (unpaired) electrons. The van der Waals surface area contributed by atoms with Crippen LogP contribution in [0.5, 0.6) is 0 Å². The number of rotatable bonds is 4. The molecule has 2 nitrogen and oxygen atoms in total. The molecular formula is C16H18ClFN2. The predicted molar refractivity (Wildman–Crippen MR) is 82.6 cm³/mol. The molecule has 0 spiro atoms. The van der Waals surface area contributed by atoms with Gasteiger partial charge in [0.2, 0.25) is 0 Å². The van der Waals surface area contributed by atoms with Crippen molar-refractivity contribution in [1.29, 1.82) is 0 Å². The van der Waals surface area contributed by atoms with Gasteiger partial charge in [0, 0.05) is 18.6 Å². The zero-order valence-electron chi connectivity index (χ0n) is 11.6. The van der Waals surface area contributed by atoms with Gasteiger partial charge in [-0.3, -0.25) is 0 Å². The van der Waals surface area contributed by atoms with Gasteiger partial charge in [0.1, 0.15) is 5.82 Å². The van der Waals surface area contributed by atoms with Crippen molar-refractivity contribution in [3.63, 3.8) is 0 Å². The molecule has 0 saturated heterocycles. The van der Waals surface area contributed by atoms with E-state index in [0.717, 1.165) is 11.1 Å². The van der Waals surface area contributed by atoms with Crippen LogP contribution in [0.25, 0.3) is 0 Å². The van der Waals surface area contributed by atoms with Crippen molar-refractivity contribution in [2.75, 3.05) is 11.9 Å². The van der Waals surface area contributed by atoms with E-state index in [-0.39, 0.29) is 11.9 Å². The van der Waals surface area contributed by atoms with Crippen LogP contribution in [0.1, 0.15) is 24.1 Å². The van der Waals surface area contributed by atoms with Crippen LogP contribution in [0, 0.1) is 5.82 Å². The van der Waals surface area contributed by atoms with Crippen LogP contribution in [0.15, 0.2) is 42.5 Å². The fraction of sp³-hybridized carbons (Fsp3) is 0.250. The molecule has 0 aliphatic rings. The van der Waals surface area contributed by atoms with Crippen molar-refractivity contribution >= 4 is 17.3 Å². The molecular weight excluding hydrogens is 275 g/mol. The van der Waals surface area contributed by atoms with Crippen LogP contribution in [0.3, 0.4) is 0 Å². The zero-order valence-corrected chi connectivity index (χ0v) is 12.4. The first-order valence-electron chi connectivity index (χ1n) is 6.49. The van der Waals surface area contributed by atoms with E-state index in [1.54, 1.807) is 6.07 Å². The summed E-state index contributed by atoms with van der Waals surface area (Å²) in [6.07, 6.45) is 0. The Morgan fingerprint density at radius 2 is 2.00 bits per heavy atom. The van der Waals surface area contributed by atoms with Crippen molar-refractivity contribution < 1.29 is 4.39 Å². The Labute approximate surface area is 124 Å². The van der Waals surface area contributed by atoms with Gasteiger partial charge >= 0.3 is 0 Å². The topological polar surface area (TPSA) is 29.3 Å². The summed E-state index contributed by atoms with van der Waals surface area (Å²) in [6.45, 7) is 2.35.